The van der Waals surface area contributed by atoms with Gasteiger partial charge in [0.25, 0.3) is 0 Å². The van der Waals surface area contributed by atoms with Gasteiger partial charge in [-0.1, -0.05) is 48.5 Å². The van der Waals surface area contributed by atoms with E-state index in [1.54, 1.807) is 24.4 Å². The van der Waals surface area contributed by atoms with Crippen LogP contribution in [0.4, 0.5) is 0 Å². The number of carboxylic acids is 1. The highest BCUT2D eigenvalue weighted by atomic mass is 32.2. The van der Waals surface area contributed by atoms with Crippen LogP contribution in [0.2, 0.25) is 0 Å². The second kappa shape index (κ2) is 8.87. The summed E-state index contributed by atoms with van der Waals surface area (Å²) in [5.74, 6) is -0.799. The molecule has 0 aliphatic carbocycles. The standard InChI is InChI=1S/C26H23N3O4S/c30-26(31)20-10-6-7-18(15-20)16-22-24(23-11-4-5-13-27-23)28-29(21-12-14-34(32,33)17-21)25(22)19-8-2-1-3-9-19/h1-11,13,15,21H,12,14,16-17H2,(H,30,31). The first-order chi connectivity index (χ1) is 16.4. The Hall–Kier alpha value is -3.78. The molecule has 34 heavy (non-hydrogen) atoms. The number of aromatic nitrogens is 3. The van der Waals surface area contributed by atoms with Crippen LogP contribution in [0.5, 0.6) is 0 Å². The fraction of sp³-hybridized carbons (Fsp3) is 0.192. The molecule has 0 bridgehead atoms. The van der Waals surface area contributed by atoms with Crippen LogP contribution in [-0.2, 0) is 16.3 Å². The lowest BCUT2D eigenvalue weighted by Gasteiger charge is -2.15. The van der Waals surface area contributed by atoms with Crippen LogP contribution >= 0.6 is 0 Å². The predicted molar refractivity (Wildman–Crippen MR) is 129 cm³/mol. The van der Waals surface area contributed by atoms with Crippen molar-refractivity contribution in [3.05, 3.63) is 95.7 Å². The number of sulfone groups is 1. The zero-order valence-electron chi connectivity index (χ0n) is 18.3. The molecule has 1 aliphatic heterocycles. The van der Waals surface area contributed by atoms with Gasteiger partial charge in [0.15, 0.2) is 9.84 Å². The molecular weight excluding hydrogens is 450 g/mol. The number of nitrogens with zero attached hydrogens (tertiary/aromatic N) is 3. The van der Waals surface area contributed by atoms with Crippen molar-refractivity contribution in [3.8, 4) is 22.6 Å². The molecule has 4 aromatic rings. The number of aromatic carboxylic acids is 1. The molecule has 2 aromatic carbocycles. The lowest BCUT2D eigenvalue weighted by molar-refractivity contribution is 0.0696. The Morgan fingerprint density at radius 2 is 1.82 bits per heavy atom. The van der Waals surface area contributed by atoms with Crippen molar-refractivity contribution >= 4 is 15.8 Å². The van der Waals surface area contributed by atoms with E-state index in [9.17, 15) is 18.3 Å². The fourth-order valence-electron chi connectivity index (χ4n) is 4.50. The third-order valence-corrected chi connectivity index (χ3v) is 7.82. The highest BCUT2D eigenvalue weighted by Gasteiger charge is 2.33. The average molecular weight is 474 g/mol. The van der Waals surface area contributed by atoms with Gasteiger partial charge in [0.05, 0.1) is 34.5 Å². The minimum absolute atomic E-state index is 0.0457. The lowest BCUT2D eigenvalue weighted by atomic mass is 9.96. The largest absolute Gasteiger partial charge is 0.478 e. The molecule has 0 saturated carbocycles. The van der Waals surface area contributed by atoms with Gasteiger partial charge < -0.3 is 5.11 Å². The molecule has 1 N–H and O–H groups in total. The van der Waals surface area contributed by atoms with E-state index in [4.69, 9.17) is 5.10 Å². The van der Waals surface area contributed by atoms with Gasteiger partial charge in [0.2, 0.25) is 0 Å². The molecule has 0 radical (unpaired) electrons. The second-order valence-electron chi connectivity index (χ2n) is 8.44. The minimum atomic E-state index is -3.13. The van der Waals surface area contributed by atoms with E-state index >= 15 is 0 Å². The van der Waals surface area contributed by atoms with Crippen LogP contribution in [-0.4, -0.2) is 45.8 Å². The van der Waals surface area contributed by atoms with Crippen LogP contribution < -0.4 is 0 Å². The van der Waals surface area contributed by atoms with Gasteiger partial charge in [0.1, 0.15) is 5.69 Å². The summed E-state index contributed by atoms with van der Waals surface area (Å²) < 4.78 is 26.5. The van der Waals surface area contributed by atoms with Crippen molar-refractivity contribution in [2.24, 2.45) is 0 Å². The molecule has 1 aliphatic rings. The van der Waals surface area contributed by atoms with Crippen LogP contribution in [0, 0.1) is 0 Å². The summed E-state index contributed by atoms with van der Waals surface area (Å²) in [6, 6.07) is 21.9. The maximum Gasteiger partial charge on any atom is 0.335 e. The second-order valence-corrected chi connectivity index (χ2v) is 10.7. The molecular formula is C26H23N3O4S. The molecule has 8 heteroatoms. The molecule has 1 fully saturated rings. The van der Waals surface area contributed by atoms with Gasteiger partial charge >= 0.3 is 5.97 Å². The first kappa shape index (κ1) is 22.0. The Morgan fingerprint density at radius 3 is 2.50 bits per heavy atom. The smallest absolute Gasteiger partial charge is 0.335 e. The SMILES string of the molecule is O=C(O)c1cccc(Cc2c(-c3ccccn3)nn(C3CCS(=O)(=O)C3)c2-c2ccccc2)c1. The average Bonchev–Trinajstić information content (AvgIpc) is 3.40. The van der Waals surface area contributed by atoms with Gasteiger partial charge in [-0.05, 0) is 36.2 Å². The molecule has 5 rings (SSSR count). The Labute approximate surface area is 197 Å². The lowest BCUT2D eigenvalue weighted by Crippen LogP contribution is -2.14. The third-order valence-electron chi connectivity index (χ3n) is 6.07. The zero-order chi connectivity index (χ0) is 23.7. The molecule has 1 saturated heterocycles. The molecule has 0 amide bonds. The topological polar surface area (TPSA) is 102 Å². The normalized spacial score (nSPS) is 17.0. The van der Waals surface area contributed by atoms with Gasteiger partial charge in [-0.25, -0.2) is 13.2 Å². The summed E-state index contributed by atoms with van der Waals surface area (Å²) in [4.78, 5) is 16.1. The van der Waals surface area contributed by atoms with E-state index in [-0.39, 0.29) is 23.1 Å². The van der Waals surface area contributed by atoms with E-state index in [0.717, 1.165) is 22.4 Å². The molecule has 1 atom stereocenters. The van der Waals surface area contributed by atoms with E-state index in [1.165, 1.54) is 0 Å². The Bertz CT molecular complexity index is 1450. The Balaban J connectivity index is 1.73. The van der Waals surface area contributed by atoms with Crippen LogP contribution in [0.25, 0.3) is 22.6 Å². The Morgan fingerprint density at radius 1 is 1.03 bits per heavy atom. The number of benzene rings is 2. The number of carboxylic acid groups (broad SMARTS) is 1. The van der Waals surface area contributed by atoms with Crippen LogP contribution in [0.3, 0.4) is 0 Å². The summed E-state index contributed by atoms with van der Waals surface area (Å²) in [7, 11) is -3.13. The quantitative estimate of drug-likeness (QED) is 0.449. The summed E-state index contributed by atoms with van der Waals surface area (Å²) in [5, 5.41) is 14.4. The number of hydrogen-bond donors (Lipinski definition) is 1. The maximum atomic E-state index is 12.3. The number of pyridine rings is 1. The number of carbonyl (C=O) groups is 1. The molecule has 3 heterocycles. The van der Waals surface area contributed by atoms with Crippen molar-refractivity contribution < 1.29 is 18.3 Å². The summed E-state index contributed by atoms with van der Waals surface area (Å²) in [6.45, 7) is 0. The number of hydrogen-bond acceptors (Lipinski definition) is 5. The van der Waals surface area contributed by atoms with Crippen LogP contribution in [0.1, 0.15) is 33.9 Å². The van der Waals surface area contributed by atoms with E-state index in [0.29, 0.717) is 24.2 Å². The monoisotopic (exact) mass is 473 g/mol. The Kier molecular flexibility index (Phi) is 5.75. The molecule has 0 spiro atoms. The molecule has 172 valence electrons. The molecule has 7 nitrogen and oxygen atoms in total. The van der Waals surface area contributed by atoms with E-state index < -0.39 is 15.8 Å². The van der Waals surface area contributed by atoms with E-state index in [2.05, 4.69) is 4.98 Å². The van der Waals surface area contributed by atoms with Crippen molar-refractivity contribution in [2.75, 3.05) is 11.5 Å². The van der Waals surface area contributed by atoms with Gasteiger partial charge in [-0.2, -0.15) is 5.10 Å². The highest BCUT2D eigenvalue weighted by molar-refractivity contribution is 7.91. The third kappa shape index (κ3) is 4.36. The van der Waals surface area contributed by atoms with Gasteiger partial charge in [0, 0.05) is 23.7 Å². The van der Waals surface area contributed by atoms with Crippen molar-refractivity contribution in [2.45, 2.75) is 18.9 Å². The minimum Gasteiger partial charge on any atom is -0.478 e. The first-order valence-corrected chi connectivity index (χ1v) is 12.8. The van der Waals surface area contributed by atoms with Crippen LogP contribution in [0.15, 0.2) is 79.0 Å². The summed E-state index contributed by atoms with van der Waals surface area (Å²) >= 11 is 0. The van der Waals surface area contributed by atoms with Gasteiger partial charge in [-0.15, -0.1) is 0 Å². The highest BCUT2D eigenvalue weighted by Crippen LogP contribution is 2.37. The first-order valence-electron chi connectivity index (χ1n) is 11.0. The predicted octanol–water partition coefficient (Wildman–Crippen LogP) is 4.26. The molecule has 1 unspecified atom stereocenters. The van der Waals surface area contributed by atoms with E-state index in [1.807, 2.05) is 59.3 Å². The molecule has 2 aromatic heterocycles. The number of rotatable bonds is 6. The summed E-state index contributed by atoms with van der Waals surface area (Å²) in [5.41, 5.74) is 5.04. The fourth-order valence-corrected chi connectivity index (χ4v) is 6.19. The van der Waals surface area contributed by atoms with Gasteiger partial charge in [-0.3, -0.25) is 9.67 Å². The van der Waals surface area contributed by atoms with Crippen molar-refractivity contribution in [3.63, 3.8) is 0 Å². The van der Waals surface area contributed by atoms with Crippen molar-refractivity contribution in [1.29, 1.82) is 0 Å². The maximum absolute atomic E-state index is 12.3. The summed E-state index contributed by atoms with van der Waals surface area (Å²) in [6.07, 6.45) is 2.63. The zero-order valence-corrected chi connectivity index (χ0v) is 19.1. The van der Waals surface area contributed by atoms with Crippen molar-refractivity contribution in [1.82, 2.24) is 14.8 Å².